The molecule has 1 N–H and O–H groups in total. The van der Waals surface area contributed by atoms with Gasteiger partial charge in [0.05, 0.1) is 0 Å². The molecule has 0 saturated heterocycles. The Bertz CT molecular complexity index is 534. The summed E-state index contributed by atoms with van der Waals surface area (Å²) in [5.41, 5.74) is -0.00423. The third kappa shape index (κ3) is 3.55. The van der Waals surface area contributed by atoms with Gasteiger partial charge in [-0.05, 0) is 25.0 Å². The number of benzene rings is 1. The van der Waals surface area contributed by atoms with Crippen LogP contribution in [0.2, 0.25) is 0 Å². The zero-order valence-corrected chi connectivity index (χ0v) is 11.1. The second-order valence-corrected chi connectivity index (χ2v) is 4.64. The van der Waals surface area contributed by atoms with Crippen molar-refractivity contribution in [2.75, 3.05) is 0 Å². The van der Waals surface area contributed by atoms with Gasteiger partial charge in [-0.1, -0.05) is 48.0 Å². The lowest BCUT2D eigenvalue weighted by Gasteiger charge is -2.13. The monoisotopic (exact) mass is 275 g/mol. The number of carbonyl (C=O) groups is 2. The van der Waals surface area contributed by atoms with Crippen LogP contribution in [0, 0.1) is 0 Å². The van der Waals surface area contributed by atoms with Crippen molar-refractivity contribution in [3.8, 4) is 0 Å². The van der Waals surface area contributed by atoms with E-state index in [1.807, 2.05) is 18.2 Å². The van der Waals surface area contributed by atoms with Crippen LogP contribution in [0.1, 0.15) is 23.2 Å². The van der Waals surface area contributed by atoms with Crippen LogP contribution in [0.4, 0.5) is 0 Å². The van der Waals surface area contributed by atoms with Gasteiger partial charge < -0.3 is 5.32 Å². The van der Waals surface area contributed by atoms with Gasteiger partial charge in [0.15, 0.2) is 11.3 Å². The van der Waals surface area contributed by atoms with Gasteiger partial charge in [0.1, 0.15) is 0 Å². The van der Waals surface area contributed by atoms with Crippen LogP contribution in [0.3, 0.4) is 0 Å². The predicted molar refractivity (Wildman–Crippen MR) is 75.0 cm³/mol. The van der Waals surface area contributed by atoms with Crippen LogP contribution in [-0.4, -0.2) is 17.2 Å². The highest BCUT2D eigenvalue weighted by atomic mass is 35.5. The normalized spacial score (nSPS) is 15.5. The molecular formula is C15H14ClNO2. The molecule has 1 amide bonds. The zero-order chi connectivity index (χ0) is 13.7. The molecule has 0 radical (unpaired) electrons. The average molecular weight is 276 g/mol. The minimum absolute atomic E-state index is 0.276. The molecule has 1 aliphatic rings. The third-order valence-electron chi connectivity index (χ3n) is 2.80. The van der Waals surface area contributed by atoms with E-state index in [2.05, 4.69) is 5.32 Å². The quantitative estimate of drug-likeness (QED) is 0.678. The Hall–Kier alpha value is -1.87. The fourth-order valence-electron chi connectivity index (χ4n) is 1.80. The maximum Gasteiger partial charge on any atom is 0.252 e. The molecule has 98 valence electrons. The minimum atomic E-state index is -1.04. The van der Waals surface area contributed by atoms with E-state index >= 15 is 0 Å². The summed E-state index contributed by atoms with van der Waals surface area (Å²) in [6, 6.07) is 8.67. The first-order valence-electron chi connectivity index (χ1n) is 6.09. The second kappa shape index (κ2) is 6.34. The molecule has 1 unspecified atom stereocenters. The van der Waals surface area contributed by atoms with E-state index < -0.39 is 5.50 Å². The Kier molecular flexibility index (Phi) is 4.53. The Balaban J connectivity index is 1.99. The molecule has 1 aromatic rings. The van der Waals surface area contributed by atoms with Crippen LogP contribution in [0.15, 0.2) is 54.1 Å². The lowest BCUT2D eigenvalue weighted by atomic mass is 10.0. The molecule has 0 bridgehead atoms. The highest BCUT2D eigenvalue weighted by molar-refractivity contribution is 6.35. The number of nitrogens with one attached hydrogen (secondary N) is 1. The Labute approximate surface area is 117 Å². The van der Waals surface area contributed by atoms with Gasteiger partial charge in [-0.15, -0.1) is 0 Å². The summed E-state index contributed by atoms with van der Waals surface area (Å²) in [6.07, 6.45) is 7.27. The maximum absolute atomic E-state index is 12.0. The number of carbonyl (C=O) groups excluding carboxylic acids is 2. The summed E-state index contributed by atoms with van der Waals surface area (Å²) in [7, 11) is 0. The fourth-order valence-corrected chi connectivity index (χ4v) is 2.02. The molecule has 0 spiro atoms. The molecule has 0 heterocycles. The molecule has 19 heavy (non-hydrogen) atoms. The predicted octanol–water partition coefficient (Wildman–Crippen LogP) is 2.83. The first-order valence-corrected chi connectivity index (χ1v) is 6.53. The smallest absolute Gasteiger partial charge is 0.252 e. The van der Waals surface area contributed by atoms with E-state index in [1.165, 1.54) is 0 Å². The summed E-state index contributed by atoms with van der Waals surface area (Å²) >= 11 is 5.95. The summed E-state index contributed by atoms with van der Waals surface area (Å²) < 4.78 is 0. The van der Waals surface area contributed by atoms with Gasteiger partial charge in [-0.2, -0.15) is 0 Å². The van der Waals surface area contributed by atoms with Crippen molar-refractivity contribution in [2.24, 2.45) is 0 Å². The number of rotatable bonds is 4. The molecule has 3 nitrogen and oxygen atoms in total. The van der Waals surface area contributed by atoms with Crippen molar-refractivity contribution >= 4 is 23.3 Å². The standard InChI is InChI=1S/C15H14ClNO2/c16-14(13(18)11-7-3-1-4-8-11)17-15(19)12-9-5-2-6-10-12/h2-3,5-10,14H,1,4H2,(H,17,19). The number of allylic oxidation sites excluding steroid dienone is 3. The van der Waals surface area contributed by atoms with Crippen LogP contribution < -0.4 is 5.32 Å². The first-order chi connectivity index (χ1) is 9.18. The number of hydrogen-bond acceptors (Lipinski definition) is 2. The molecule has 0 aromatic heterocycles. The zero-order valence-electron chi connectivity index (χ0n) is 10.3. The van der Waals surface area contributed by atoms with E-state index in [0.29, 0.717) is 11.1 Å². The van der Waals surface area contributed by atoms with Gasteiger partial charge in [0.2, 0.25) is 0 Å². The van der Waals surface area contributed by atoms with Crippen LogP contribution in [-0.2, 0) is 4.79 Å². The molecule has 0 saturated carbocycles. The summed E-state index contributed by atoms with van der Waals surface area (Å²) in [6.45, 7) is 0. The SMILES string of the molecule is O=C(NC(Cl)C(=O)C1=CCCC=C1)c1ccccc1. The number of ketones is 1. The summed E-state index contributed by atoms with van der Waals surface area (Å²) in [4.78, 5) is 23.9. The van der Waals surface area contributed by atoms with Crippen LogP contribution in [0.5, 0.6) is 0 Å². The number of Topliss-reactive ketones (excluding diaryl/α,β-unsaturated/α-hetero) is 1. The van der Waals surface area contributed by atoms with Crippen molar-refractivity contribution in [2.45, 2.75) is 18.3 Å². The number of hydrogen-bond donors (Lipinski definition) is 1. The van der Waals surface area contributed by atoms with Crippen LogP contribution >= 0.6 is 11.6 Å². The van der Waals surface area contributed by atoms with E-state index in [1.54, 1.807) is 30.3 Å². The van der Waals surface area contributed by atoms with Gasteiger partial charge in [-0.25, -0.2) is 0 Å². The fraction of sp³-hybridized carbons (Fsp3) is 0.200. The molecule has 4 heteroatoms. The van der Waals surface area contributed by atoms with E-state index in [-0.39, 0.29) is 11.7 Å². The minimum Gasteiger partial charge on any atom is -0.329 e. The molecule has 1 aromatic carbocycles. The molecule has 1 atom stereocenters. The molecule has 1 aliphatic carbocycles. The van der Waals surface area contributed by atoms with Crippen molar-refractivity contribution < 1.29 is 9.59 Å². The Morgan fingerprint density at radius 2 is 1.89 bits per heavy atom. The summed E-state index contributed by atoms with van der Waals surface area (Å²) in [5.74, 6) is -0.628. The maximum atomic E-state index is 12.0. The molecule has 2 rings (SSSR count). The lowest BCUT2D eigenvalue weighted by Crippen LogP contribution is -2.37. The van der Waals surface area contributed by atoms with Gasteiger partial charge >= 0.3 is 0 Å². The highest BCUT2D eigenvalue weighted by Gasteiger charge is 2.21. The number of halogens is 1. The molecular weight excluding hydrogens is 262 g/mol. The number of alkyl halides is 1. The second-order valence-electron chi connectivity index (χ2n) is 4.21. The molecule has 0 aliphatic heterocycles. The van der Waals surface area contributed by atoms with Gasteiger partial charge in [0, 0.05) is 11.1 Å². The molecule has 0 fully saturated rings. The lowest BCUT2D eigenvalue weighted by molar-refractivity contribution is -0.115. The van der Waals surface area contributed by atoms with Crippen LogP contribution in [0.25, 0.3) is 0 Å². The largest absolute Gasteiger partial charge is 0.329 e. The van der Waals surface area contributed by atoms with Gasteiger partial charge in [-0.3, -0.25) is 9.59 Å². The topological polar surface area (TPSA) is 46.2 Å². The third-order valence-corrected chi connectivity index (χ3v) is 3.11. The first kappa shape index (κ1) is 13.6. The van der Waals surface area contributed by atoms with Crippen molar-refractivity contribution in [3.05, 3.63) is 59.7 Å². The van der Waals surface area contributed by atoms with Crippen molar-refractivity contribution in [1.82, 2.24) is 5.32 Å². The highest BCUT2D eigenvalue weighted by Crippen LogP contribution is 2.14. The van der Waals surface area contributed by atoms with E-state index in [0.717, 1.165) is 12.8 Å². The van der Waals surface area contributed by atoms with Crippen molar-refractivity contribution in [1.29, 1.82) is 0 Å². The van der Waals surface area contributed by atoms with E-state index in [9.17, 15) is 9.59 Å². The average Bonchev–Trinajstić information content (AvgIpc) is 2.48. The van der Waals surface area contributed by atoms with E-state index in [4.69, 9.17) is 11.6 Å². The Morgan fingerprint density at radius 1 is 1.16 bits per heavy atom. The van der Waals surface area contributed by atoms with Crippen molar-refractivity contribution in [3.63, 3.8) is 0 Å². The Morgan fingerprint density at radius 3 is 2.53 bits per heavy atom. The van der Waals surface area contributed by atoms with Gasteiger partial charge in [0.25, 0.3) is 5.91 Å². The number of amides is 1. The summed E-state index contributed by atoms with van der Waals surface area (Å²) in [5, 5.41) is 2.50.